The van der Waals surface area contributed by atoms with Crippen molar-refractivity contribution in [2.24, 2.45) is 4.99 Å². The van der Waals surface area contributed by atoms with E-state index in [2.05, 4.69) is 15.3 Å². The van der Waals surface area contributed by atoms with Gasteiger partial charge in [0.2, 0.25) is 5.55 Å². The molecule has 0 saturated heterocycles. The molecule has 0 atom stereocenters. The van der Waals surface area contributed by atoms with E-state index < -0.39 is 0 Å². The summed E-state index contributed by atoms with van der Waals surface area (Å²) in [6, 6.07) is 14.2. The number of rotatable bonds is 5. The molecular weight excluding hydrogens is 410 g/mol. The fourth-order valence-electron chi connectivity index (χ4n) is 2.73. The second kappa shape index (κ2) is 8.46. The van der Waals surface area contributed by atoms with Gasteiger partial charge in [-0.05, 0) is 43.3 Å². The Hall–Kier alpha value is -3.16. The summed E-state index contributed by atoms with van der Waals surface area (Å²) in [5.74, 6) is 0.228. The smallest absolute Gasteiger partial charge is 0.262 e. The number of carbonyl (C=O) groups excluding carboxylic acids is 1. The molecule has 146 valence electrons. The SMILES string of the molecule is CCOc1ccccc1N=c1oc2ccc(Cl)cc2cc1C(=O)Nc1nccs1. The summed E-state index contributed by atoms with van der Waals surface area (Å²) in [6.07, 6.45) is 1.62. The maximum Gasteiger partial charge on any atom is 0.262 e. The van der Waals surface area contributed by atoms with E-state index in [-0.39, 0.29) is 17.0 Å². The zero-order chi connectivity index (χ0) is 20.2. The first kappa shape index (κ1) is 19.2. The summed E-state index contributed by atoms with van der Waals surface area (Å²) in [6.45, 7) is 2.39. The Balaban J connectivity index is 1.89. The minimum atomic E-state index is -0.377. The van der Waals surface area contributed by atoms with Gasteiger partial charge < -0.3 is 9.15 Å². The first-order valence-electron chi connectivity index (χ1n) is 8.85. The molecule has 0 unspecified atom stereocenters. The standard InChI is InChI=1S/C21H16ClN3O3S/c1-2-27-18-6-4-3-5-16(18)24-20-15(19(26)25-21-23-9-10-29-21)12-13-11-14(22)7-8-17(13)28-20/h3-12H,2H2,1H3,(H,23,25,26). The fraction of sp³-hybridized carbons (Fsp3) is 0.0952. The second-order valence-electron chi connectivity index (χ2n) is 5.95. The molecule has 1 amide bonds. The number of thiazole rings is 1. The monoisotopic (exact) mass is 425 g/mol. The average Bonchev–Trinajstić information content (AvgIpc) is 3.22. The van der Waals surface area contributed by atoms with E-state index in [1.807, 2.05) is 25.1 Å². The van der Waals surface area contributed by atoms with Crippen LogP contribution < -0.4 is 15.6 Å². The van der Waals surface area contributed by atoms with Gasteiger partial charge in [-0.3, -0.25) is 10.1 Å². The lowest BCUT2D eigenvalue weighted by atomic mass is 10.1. The predicted molar refractivity (Wildman–Crippen MR) is 114 cm³/mol. The number of ether oxygens (including phenoxy) is 1. The zero-order valence-corrected chi connectivity index (χ0v) is 17.0. The zero-order valence-electron chi connectivity index (χ0n) is 15.4. The maximum atomic E-state index is 12.9. The molecule has 0 spiro atoms. The van der Waals surface area contributed by atoms with Gasteiger partial charge in [0, 0.05) is 22.0 Å². The van der Waals surface area contributed by atoms with Crippen LogP contribution in [0.2, 0.25) is 5.02 Å². The van der Waals surface area contributed by atoms with E-state index in [0.29, 0.717) is 39.2 Å². The Morgan fingerprint density at radius 3 is 2.93 bits per heavy atom. The van der Waals surface area contributed by atoms with Crippen molar-refractivity contribution in [3.8, 4) is 5.75 Å². The Labute approximate surface area is 175 Å². The highest BCUT2D eigenvalue weighted by Crippen LogP contribution is 2.27. The number of para-hydroxylation sites is 2. The number of halogens is 1. The topological polar surface area (TPSA) is 76.7 Å². The minimum Gasteiger partial charge on any atom is -0.492 e. The molecule has 2 heterocycles. The summed E-state index contributed by atoms with van der Waals surface area (Å²) >= 11 is 7.43. The van der Waals surface area contributed by atoms with Crippen LogP contribution in [0.5, 0.6) is 5.75 Å². The third-order valence-electron chi connectivity index (χ3n) is 3.99. The lowest BCUT2D eigenvalue weighted by Crippen LogP contribution is -2.21. The van der Waals surface area contributed by atoms with Crippen molar-refractivity contribution in [2.75, 3.05) is 11.9 Å². The molecule has 29 heavy (non-hydrogen) atoms. The second-order valence-corrected chi connectivity index (χ2v) is 7.28. The van der Waals surface area contributed by atoms with Crippen LogP contribution in [0.1, 0.15) is 17.3 Å². The molecule has 2 aromatic heterocycles. The fourth-order valence-corrected chi connectivity index (χ4v) is 3.44. The van der Waals surface area contributed by atoms with Crippen molar-refractivity contribution in [1.82, 2.24) is 4.98 Å². The van der Waals surface area contributed by atoms with Gasteiger partial charge in [0.05, 0.1) is 6.61 Å². The van der Waals surface area contributed by atoms with E-state index >= 15 is 0 Å². The third-order valence-corrected chi connectivity index (χ3v) is 4.92. The van der Waals surface area contributed by atoms with Crippen LogP contribution in [-0.4, -0.2) is 17.5 Å². The number of nitrogens with zero attached hydrogens (tertiary/aromatic N) is 2. The number of aromatic nitrogens is 1. The Morgan fingerprint density at radius 1 is 1.28 bits per heavy atom. The number of fused-ring (bicyclic) bond motifs is 1. The molecule has 0 saturated carbocycles. The minimum absolute atomic E-state index is 0.168. The number of nitrogens with one attached hydrogen (secondary N) is 1. The van der Waals surface area contributed by atoms with Gasteiger partial charge in [-0.2, -0.15) is 0 Å². The van der Waals surface area contributed by atoms with E-state index in [1.165, 1.54) is 11.3 Å². The molecule has 4 aromatic rings. The third kappa shape index (κ3) is 4.31. The maximum absolute atomic E-state index is 12.9. The number of carbonyl (C=O) groups is 1. The molecular formula is C21H16ClN3O3S. The molecule has 0 aliphatic rings. The largest absolute Gasteiger partial charge is 0.492 e. The first-order valence-corrected chi connectivity index (χ1v) is 10.1. The van der Waals surface area contributed by atoms with Crippen LogP contribution >= 0.6 is 22.9 Å². The molecule has 8 heteroatoms. The van der Waals surface area contributed by atoms with Crippen LogP contribution in [0.25, 0.3) is 11.0 Å². The Morgan fingerprint density at radius 2 is 2.14 bits per heavy atom. The van der Waals surface area contributed by atoms with Gasteiger partial charge >= 0.3 is 0 Å². The average molecular weight is 426 g/mol. The quantitative estimate of drug-likeness (QED) is 0.462. The van der Waals surface area contributed by atoms with Gasteiger partial charge in [-0.25, -0.2) is 9.98 Å². The van der Waals surface area contributed by atoms with E-state index in [9.17, 15) is 4.79 Å². The molecule has 0 radical (unpaired) electrons. The van der Waals surface area contributed by atoms with Crippen molar-refractivity contribution < 1.29 is 13.9 Å². The number of hydrogen-bond donors (Lipinski definition) is 1. The Bertz CT molecular complexity index is 1240. The van der Waals surface area contributed by atoms with Gasteiger partial charge in [0.15, 0.2) is 5.13 Å². The van der Waals surface area contributed by atoms with E-state index in [0.717, 1.165) is 0 Å². The number of benzene rings is 2. The number of anilines is 1. The summed E-state index contributed by atoms with van der Waals surface area (Å²) in [5, 5.41) is 6.28. The lowest BCUT2D eigenvalue weighted by Gasteiger charge is -2.08. The lowest BCUT2D eigenvalue weighted by molar-refractivity contribution is 0.102. The van der Waals surface area contributed by atoms with Crippen LogP contribution in [0.3, 0.4) is 0 Å². The van der Waals surface area contributed by atoms with Crippen LogP contribution in [0, 0.1) is 0 Å². The number of amides is 1. The summed E-state index contributed by atoms with van der Waals surface area (Å²) in [7, 11) is 0. The Kier molecular flexibility index (Phi) is 5.59. The highest BCUT2D eigenvalue weighted by atomic mass is 35.5. The van der Waals surface area contributed by atoms with Crippen molar-refractivity contribution in [2.45, 2.75) is 6.92 Å². The highest BCUT2D eigenvalue weighted by Gasteiger charge is 2.15. The molecule has 2 aromatic carbocycles. The highest BCUT2D eigenvalue weighted by molar-refractivity contribution is 7.13. The molecule has 0 bridgehead atoms. The van der Waals surface area contributed by atoms with Crippen LogP contribution in [0.4, 0.5) is 10.8 Å². The van der Waals surface area contributed by atoms with Crippen LogP contribution in [-0.2, 0) is 0 Å². The van der Waals surface area contributed by atoms with Crippen molar-refractivity contribution in [1.29, 1.82) is 0 Å². The number of hydrogen-bond acceptors (Lipinski definition) is 6. The summed E-state index contributed by atoms with van der Waals surface area (Å²) in [4.78, 5) is 21.6. The van der Waals surface area contributed by atoms with Crippen molar-refractivity contribution in [3.05, 3.63) is 76.2 Å². The van der Waals surface area contributed by atoms with E-state index in [4.69, 9.17) is 20.8 Å². The van der Waals surface area contributed by atoms with Crippen molar-refractivity contribution >= 4 is 50.6 Å². The summed E-state index contributed by atoms with van der Waals surface area (Å²) in [5.41, 5.74) is 1.56. The summed E-state index contributed by atoms with van der Waals surface area (Å²) < 4.78 is 11.6. The van der Waals surface area contributed by atoms with E-state index in [1.54, 1.807) is 41.9 Å². The van der Waals surface area contributed by atoms with Gasteiger partial charge in [0.1, 0.15) is 22.6 Å². The first-order chi connectivity index (χ1) is 14.1. The predicted octanol–water partition coefficient (Wildman–Crippen LogP) is 5.43. The van der Waals surface area contributed by atoms with Gasteiger partial charge in [0.25, 0.3) is 5.91 Å². The molecule has 0 aliphatic heterocycles. The molecule has 4 rings (SSSR count). The molecule has 1 N–H and O–H groups in total. The molecule has 0 aliphatic carbocycles. The normalized spacial score (nSPS) is 11.6. The van der Waals surface area contributed by atoms with Crippen molar-refractivity contribution in [3.63, 3.8) is 0 Å². The van der Waals surface area contributed by atoms with Gasteiger partial charge in [-0.1, -0.05) is 23.7 Å². The van der Waals surface area contributed by atoms with Gasteiger partial charge in [-0.15, -0.1) is 11.3 Å². The molecule has 0 fully saturated rings. The van der Waals surface area contributed by atoms with Crippen LogP contribution in [0.15, 0.2) is 69.5 Å². The molecule has 6 nitrogen and oxygen atoms in total.